The highest BCUT2D eigenvalue weighted by atomic mass is 35.5. The van der Waals surface area contributed by atoms with Crippen molar-refractivity contribution in [3.05, 3.63) is 57.0 Å². The maximum Gasteiger partial charge on any atom is 0.282 e. The fourth-order valence-corrected chi connectivity index (χ4v) is 3.60. The van der Waals surface area contributed by atoms with Crippen molar-refractivity contribution in [2.24, 2.45) is 7.05 Å². The van der Waals surface area contributed by atoms with Crippen LogP contribution in [0.4, 0.5) is 4.39 Å². The Hall–Kier alpha value is -2.21. The van der Waals surface area contributed by atoms with E-state index in [-0.39, 0.29) is 22.5 Å². The summed E-state index contributed by atoms with van der Waals surface area (Å²) in [6.07, 6.45) is 4.40. The first-order chi connectivity index (χ1) is 12.0. The molecule has 1 aliphatic carbocycles. The van der Waals surface area contributed by atoms with Crippen LogP contribution in [0.1, 0.15) is 49.4 Å². The Balaban J connectivity index is 1.89. The first-order valence-corrected chi connectivity index (χ1v) is 8.77. The van der Waals surface area contributed by atoms with Crippen LogP contribution in [-0.4, -0.2) is 19.3 Å². The van der Waals surface area contributed by atoms with Gasteiger partial charge in [0.2, 0.25) is 0 Å². The second kappa shape index (κ2) is 5.95. The molecule has 0 aliphatic heterocycles. The van der Waals surface area contributed by atoms with Crippen LogP contribution in [0.3, 0.4) is 0 Å². The third kappa shape index (κ3) is 2.65. The van der Waals surface area contributed by atoms with Crippen LogP contribution in [0, 0.1) is 5.82 Å². The van der Waals surface area contributed by atoms with Gasteiger partial charge in [0.15, 0.2) is 5.52 Å². The Morgan fingerprint density at radius 2 is 2.12 bits per heavy atom. The number of aromatic nitrogens is 4. The lowest BCUT2D eigenvalue weighted by Crippen LogP contribution is -2.19. The first kappa shape index (κ1) is 16.3. The van der Waals surface area contributed by atoms with Gasteiger partial charge in [-0.3, -0.25) is 14.0 Å². The van der Waals surface area contributed by atoms with Crippen molar-refractivity contribution >= 4 is 22.6 Å². The average molecular weight is 361 g/mol. The molecule has 3 aromatic rings. The molecule has 130 valence electrons. The van der Waals surface area contributed by atoms with Gasteiger partial charge in [0.1, 0.15) is 11.3 Å². The van der Waals surface area contributed by atoms with Crippen LogP contribution in [0.2, 0.25) is 5.02 Å². The summed E-state index contributed by atoms with van der Waals surface area (Å²) >= 11 is 5.96. The van der Waals surface area contributed by atoms with Gasteiger partial charge in [0.25, 0.3) is 5.56 Å². The van der Waals surface area contributed by atoms with Crippen molar-refractivity contribution in [1.82, 2.24) is 19.3 Å². The molecule has 2 aromatic heterocycles. The van der Waals surface area contributed by atoms with E-state index in [1.54, 1.807) is 27.7 Å². The van der Waals surface area contributed by atoms with Crippen molar-refractivity contribution in [3.63, 3.8) is 0 Å². The Labute approximate surface area is 149 Å². The maximum absolute atomic E-state index is 13.5. The zero-order valence-electron chi connectivity index (χ0n) is 14.0. The molecular weight excluding hydrogens is 343 g/mol. The molecule has 0 N–H and O–H groups in total. The minimum absolute atomic E-state index is 0.0724. The molecule has 0 radical (unpaired) electrons. The third-order valence-electron chi connectivity index (χ3n) is 4.84. The van der Waals surface area contributed by atoms with Gasteiger partial charge in [-0.15, -0.1) is 0 Å². The van der Waals surface area contributed by atoms with E-state index in [0.717, 1.165) is 30.5 Å². The second-order valence-electron chi connectivity index (χ2n) is 6.53. The molecule has 4 rings (SSSR count). The van der Waals surface area contributed by atoms with E-state index in [1.165, 1.54) is 6.07 Å². The molecule has 5 nitrogen and oxygen atoms in total. The molecule has 1 aliphatic rings. The number of rotatable bonds is 4. The fraction of sp³-hybridized carbons (Fsp3) is 0.389. The topological polar surface area (TPSA) is 52.7 Å². The van der Waals surface area contributed by atoms with Crippen LogP contribution in [-0.2, 0) is 7.05 Å². The van der Waals surface area contributed by atoms with Gasteiger partial charge < -0.3 is 0 Å². The number of benzene rings is 1. The number of fused-ring (bicyclic) bond motifs is 1. The fourth-order valence-electron chi connectivity index (χ4n) is 3.41. The van der Waals surface area contributed by atoms with E-state index in [0.29, 0.717) is 11.0 Å². The molecule has 0 bridgehead atoms. The molecule has 0 amide bonds. The van der Waals surface area contributed by atoms with E-state index >= 15 is 0 Å². The van der Waals surface area contributed by atoms with Crippen molar-refractivity contribution in [1.29, 1.82) is 0 Å². The summed E-state index contributed by atoms with van der Waals surface area (Å²) in [7, 11) is 1.81. The van der Waals surface area contributed by atoms with Crippen molar-refractivity contribution < 1.29 is 4.39 Å². The summed E-state index contributed by atoms with van der Waals surface area (Å²) in [5.74, 6) is -0.516. The summed E-state index contributed by atoms with van der Waals surface area (Å²) in [6.45, 7) is 2.03. The highest BCUT2D eigenvalue weighted by Gasteiger charge is 2.28. The van der Waals surface area contributed by atoms with Crippen molar-refractivity contribution in [3.8, 4) is 0 Å². The highest BCUT2D eigenvalue weighted by Crippen LogP contribution is 2.35. The van der Waals surface area contributed by atoms with Gasteiger partial charge in [0.05, 0.1) is 17.0 Å². The lowest BCUT2D eigenvalue weighted by atomic mass is 9.92. The summed E-state index contributed by atoms with van der Waals surface area (Å²) in [5, 5.41) is 4.52. The Morgan fingerprint density at radius 1 is 1.36 bits per heavy atom. The Kier molecular flexibility index (Phi) is 3.87. The number of hydrogen-bond donors (Lipinski definition) is 0. The van der Waals surface area contributed by atoms with Gasteiger partial charge in [-0.1, -0.05) is 24.6 Å². The van der Waals surface area contributed by atoms with E-state index in [4.69, 9.17) is 11.6 Å². The second-order valence-corrected chi connectivity index (χ2v) is 6.94. The normalized spacial score (nSPS) is 15.7. The highest BCUT2D eigenvalue weighted by molar-refractivity contribution is 6.30. The summed E-state index contributed by atoms with van der Waals surface area (Å²) in [6, 6.07) is 4.98. The van der Waals surface area contributed by atoms with Gasteiger partial charge in [-0.2, -0.15) is 5.10 Å². The zero-order chi connectivity index (χ0) is 17.7. The Bertz CT molecular complexity index is 1020. The van der Waals surface area contributed by atoms with Crippen molar-refractivity contribution in [2.75, 3.05) is 0 Å². The minimum atomic E-state index is -0.444. The van der Waals surface area contributed by atoms with E-state index in [9.17, 15) is 9.18 Å². The van der Waals surface area contributed by atoms with Crippen LogP contribution in [0.25, 0.3) is 11.0 Å². The summed E-state index contributed by atoms with van der Waals surface area (Å²) in [4.78, 5) is 17.2. The molecule has 0 saturated heterocycles. The van der Waals surface area contributed by atoms with Crippen LogP contribution < -0.4 is 5.56 Å². The van der Waals surface area contributed by atoms with E-state index in [1.807, 2.05) is 14.0 Å². The molecule has 1 unspecified atom stereocenters. The van der Waals surface area contributed by atoms with E-state index in [2.05, 4.69) is 10.1 Å². The molecule has 1 fully saturated rings. The predicted octanol–water partition coefficient (Wildman–Crippen LogP) is 3.80. The third-order valence-corrected chi connectivity index (χ3v) is 5.13. The number of hydrogen-bond acceptors (Lipinski definition) is 3. The monoisotopic (exact) mass is 360 g/mol. The van der Waals surface area contributed by atoms with Gasteiger partial charge in [-0.25, -0.2) is 9.37 Å². The number of halogens is 2. The maximum atomic E-state index is 13.5. The number of aryl methyl sites for hydroxylation is 1. The smallest absolute Gasteiger partial charge is 0.282 e. The molecule has 25 heavy (non-hydrogen) atoms. The number of nitrogens with zero attached hydrogens (tertiary/aromatic N) is 4. The molecular formula is C18H18ClFN4O. The lowest BCUT2D eigenvalue weighted by molar-refractivity contribution is 0.622. The molecule has 1 saturated carbocycles. The SMILES string of the molecule is CCC(c1ccc(F)c(Cl)c1)c1c2ncn(C3CC3)c(=O)c2nn1C. The quantitative estimate of drug-likeness (QED) is 0.711. The molecule has 0 spiro atoms. The molecule has 2 heterocycles. The van der Waals surface area contributed by atoms with Crippen LogP contribution in [0.15, 0.2) is 29.3 Å². The zero-order valence-corrected chi connectivity index (χ0v) is 14.8. The average Bonchev–Trinajstić information content (AvgIpc) is 3.37. The summed E-state index contributed by atoms with van der Waals surface area (Å²) in [5.41, 5.74) is 2.63. The van der Waals surface area contributed by atoms with Crippen LogP contribution in [0.5, 0.6) is 0 Å². The lowest BCUT2D eigenvalue weighted by Gasteiger charge is -2.16. The van der Waals surface area contributed by atoms with E-state index < -0.39 is 5.82 Å². The molecule has 7 heteroatoms. The van der Waals surface area contributed by atoms with Gasteiger partial charge >= 0.3 is 0 Å². The van der Waals surface area contributed by atoms with Gasteiger partial charge in [-0.05, 0) is 37.0 Å². The molecule has 1 atom stereocenters. The van der Waals surface area contributed by atoms with Crippen molar-refractivity contribution in [2.45, 2.75) is 38.1 Å². The predicted molar refractivity (Wildman–Crippen MR) is 94.6 cm³/mol. The molecule has 1 aromatic carbocycles. The minimum Gasteiger partial charge on any atom is -0.294 e. The first-order valence-electron chi connectivity index (χ1n) is 8.40. The standard InChI is InChI=1S/C18H18ClFN4O/c1-3-12(10-4-7-14(20)13(19)8-10)17-15-16(22-23(17)2)18(25)24(9-21-15)11-5-6-11/h4,7-9,11-12H,3,5-6H2,1-2H3. The largest absolute Gasteiger partial charge is 0.294 e. The van der Waals surface area contributed by atoms with Gasteiger partial charge in [0, 0.05) is 19.0 Å². The Morgan fingerprint density at radius 3 is 2.76 bits per heavy atom. The summed E-state index contributed by atoms with van der Waals surface area (Å²) < 4.78 is 16.9. The van der Waals surface area contributed by atoms with Crippen LogP contribution >= 0.6 is 11.6 Å².